The number of benzene rings is 1. The van der Waals surface area contributed by atoms with Crippen molar-refractivity contribution < 1.29 is 19.2 Å². The van der Waals surface area contributed by atoms with Gasteiger partial charge in [-0.2, -0.15) is 0 Å². The predicted molar refractivity (Wildman–Crippen MR) is 109 cm³/mol. The average molecular weight is 421 g/mol. The Labute approximate surface area is 174 Å². The maximum atomic E-state index is 12.4. The third-order valence-corrected chi connectivity index (χ3v) is 5.53. The summed E-state index contributed by atoms with van der Waals surface area (Å²) in [7, 11) is 0. The number of amides is 4. The van der Waals surface area contributed by atoms with Crippen molar-refractivity contribution in [3.05, 3.63) is 28.3 Å². The lowest BCUT2D eigenvalue weighted by Gasteiger charge is -2.35. The van der Waals surface area contributed by atoms with Crippen molar-refractivity contribution in [3.63, 3.8) is 0 Å². The molecule has 0 aromatic heterocycles. The number of nitrogens with zero attached hydrogens (tertiary/aromatic N) is 3. The van der Waals surface area contributed by atoms with E-state index in [9.17, 15) is 19.2 Å². The van der Waals surface area contributed by atoms with Crippen LogP contribution in [0.4, 0.5) is 5.69 Å². The van der Waals surface area contributed by atoms with Gasteiger partial charge >= 0.3 is 0 Å². The predicted octanol–water partition coefficient (Wildman–Crippen LogP) is 1.19. The molecule has 1 N–H and O–H groups in total. The summed E-state index contributed by atoms with van der Waals surface area (Å²) >= 11 is 6.24. The van der Waals surface area contributed by atoms with E-state index in [1.807, 2.05) is 30.9 Å². The molecule has 3 rings (SSSR count). The van der Waals surface area contributed by atoms with Gasteiger partial charge in [-0.25, -0.2) is 0 Å². The topological polar surface area (TPSA) is 90.0 Å². The van der Waals surface area contributed by atoms with Gasteiger partial charge in [-0.15, -0.1) is 0 Å². The second-order valence-electron chi connectivity index (χ2n) is 7.52. The molecule has 0 unspecified atom stereocenters. The van der Waals surface area contributed by atoms with Crippen LogP contribution in [-0.2, 0) is 19.2 Å². The Balaban J connectivity index is 1.47. The Kier molecular flexibility index (Phi) is 6.54. The highest BCUT2D eigenvalue weighted by atomic mass is 35.5. The summed E-state index contributed by atoms with van der Waals surface area (Å²) in [6.07, 6.45) is 0.360. The highest BCUT2D eigenvalue weighted by molar-refractivity contribution is 6.34. The summed E-state index contributed by atoms with van der Waals surface area (Å²) < 4.78 is 0. The molecule has 2 fully saturated rings. The van der Waals surface area contributed by atoms with E-state index in [4.69, 9.17) is 11.6 Å². The molecule has 2 aliphatic rings. The van der Waals surface area contributed by atoms with Crippen molar-refractivity contribution in [1.82, 2.24) is 14.7 Å². The lowest BCUT2D eigenvalue weighted by atomic mass is 10.1. The molecule has 1 aromatic rings. The van der Waals surface area contributed by atoms with E-state index in [1.165, 1.54) is 0 Å². The van der Waals surface area contributed by atoms with Crippen LogP contribution in [0.1, 0.15) is 24.0 Å². The van der Waals surface area contributed by atoms with Crippen LogP contribution >= 0.6 is 11.6 Å². The molecule has 0 radical (unpaired) electrons. The molecule has 8 nitrogen and oxygen atoms in total. The van der Waals surface area contributed by atoms with Crippen molar-refractivity contribution in [2.24, 2.45) is 0 Å². The lowest BCUT2D eigenvalue weighted by molar-refractivity contribution is -0.146. The molecule has 2 heterocycles. The number of aryl methyl sites for hydroxylation is 2. The molecule has 0 bridgehead atoms. The van der Waals surface area contributed by atoms with Crippen molar-refractivity contribution >= 4 is 40.9 Å². The van der Waals surface area contributed by atoms with E-state index in [1.54, 1.807) is 4.90 Å². The monoisotopic (exact) mass is 420 g/mol. The molecule has 2 saturated heterocycles. The van der Waals surface area contributed by atoms with E-state index in [0.717, 1.165) is 16.0 Å². The number of likely N-dealkylation sites (tertiary alicyclic amines) is 1. The third-order valence-electron chi connectivity index (χ3n) is 5.24. The Morgan fingerprint density at radius 3 is 2.21 bits per heavy atom. The van der Waals surface area contributed by atoms with Gasteiger partial charge in [-0.1, -0.05) is 17.7 Å². The highest BCUT2D eigenvalue weighted by Crippen LogP contribution is 2.27. The van der Waals surface area contributed by atoms with E-state index < -0.39 is 0 Å². The van der Waals surface area contributed by atoms with Crippen LogP contribution in [0.3, 0.4) is 0 Å². The Bertz CT molecular complexity index is 810. The van der Waals surface area contributed by atoms with E-state index >= 15 is 0 Å². The van der Waals surface area contributed by atoms with Crippen molar-refractivity contribution in [1.29, 1.82) is 0 Å². The number of carbonyl (C=O) groups excluding carboxylic acids is 4. The van der Waals surface area contributed by atoms with Gasteiger partial charge in [0.2, 0.25) is 23.6 Å². The van der Waals surface area contributed by atoms with Gasteiger partial charge < -0.3 is 10.2 Å². The zero-order valence-electron chi connectivity index (χ0n) is 16.7. The fourth-order valence-electron chi connectivity index (χ4n) is 3.65. The summed E-state index contributed by atoms with van der Waals surface area (Å²) in [6, 6.07) is 3.77. The number of hydrogen-bond donors (Lipinski definition) is 1. The van der Waals surface area contributed by atoms with Gasteiger partial charge in [0.05, 0.1) is 17.3 Å². The standard InChI is InChI=1S/C20H25ClN4O4/c1-13-9-14(2)20(15(21)10-13)22-16(26)11-23-5-7-24(8-6-23)19(29)12-25-17(27)3-4-18(25)28/h9-10H,3-8,11-12H2,1-2H3,(H,22,26). The molecule has 0 saturated carbocycles. The summed E-state index contributed by atoms with van der Waals surface area (Å²) in [5.41, 5.74) is 2.56. The molecule has 1 aromatic carbocycles. The molecule has 2 aliphatic heterocycles. The number of imide groups is 1. The first-order valence-corrected chi connectivity index (χ1v) is 10.0. The quantitative estimate of drug-likeness (QED) is 0.722. The molecule has 9 heteroatoms. The molecular weight excluding hydrogens is 396 g/mol. The van der Waals surface area contributed by atoms with E-state index in [0.29, 0.717) is 36.9 Å². The van der Waals surface area contributed by atoms with Gasteiger partial charge in [-0.05, 0) is 31.0 Å². The Hall–Kier alpha value is -2.45. The minimum Gasteiger partial charge on any atom is -0.339 e. The molecule has 29 heavy (non-hydrogen) atoms. The number of carbonyl (C=O) groups is 4. The lowest BCUT2D eigenvalue weighted by Crippen LogP contribution is -2.52. The molecule has 4 amide bonds. The van der Waals surface area contributed by atoms with Gasteiger partial charge in [0.15, 0.2) is 0 Å². The van der Waals surface area contributed by atoms with Gasteiger partial charge in [0, 0.05) is 39.0 Å². The summed E-state index contributed by atoms with van der Waals surface area (Å²) in [6.45, 7) is 5.84. The second kappa shape index (κ2) is 8.92. The molecule has 0 atom stereocenters. The molecular formula is C20H25ClN4O4. The highest BCUT2D eigenvalue weighted by Gasteiger charge is 2.32. The fourth-order valence-corrected chi connectivity index (χ4v) is 4.01. The minimum absolute atomic E-state index is 0.160. The van der Waals surface area contributed by atoms with Crippen LogP contribution in [0.15, 0.2) is 12.1 Å². The first-order valence-electron chi connectivity index (χ1n) is 9.64. The van der Waals surface area contributed by atoms with Crippen LogP contribution < -0.4 is 5.32 Å². The van der Waals surface area contributed by atoms with Crippen LogP contribution in [0.2, 0.25) is 5.02 Å². The number of anilines is 1. The van der Waals surface area contributed by atoms with Crippen molar-refractivity contribution in [3.8, 4) is 0 Å². The smallest absolute Gasteiger partial charge is 0.242 e. The maximum absolute atomic E-state index is 12.4. The number of nitrogens with one attached hydrogen (secondary N) is 1. The van der Waals surface area contributed by atoms with Crippen LogP contribution in [0, 0.1) is 13.8 Å². The Morgan fingerprint density at radius 2 is 1.62 bits per heavy atom. The normalized spacial score (nSPS) is 17.8. The fraction of sp³-hybridized carbons (Fsp3) is 0.500. The van der Waals surface area contributed by atoms with Gasteiger partial charge in [-0.3, -0.25) is 29.0 Å². The summed E-state index contributed by atoms with van der Waals surface area (Å²) in [5, 5.41) is 3.38. The maximum Gasteiger partial charge on any atom is 0.242 e. The van der Waals surface area contributed by atoms with Crippen LogP contribution in [0.5, 0.6) is 0 Å². The average Bonchev–Trinajstić information content (AvgIpc) is 2.97. The van der Waals surface area contributed by atoms with Crippen molar-refractivity contribution in [2.75, 3.05) is 44.6 Å². The van der Waals surface area contributed by atoms with Crippen molar-refractivity contribution in [2.45, 2.75) is 26.7 Å². The summed E-state index contributed by atoms with van der Waals surface area (Å²) in [4.78, 5) is 52.8. The zero-order valence-corrected chi connectivity index (χ0v) is 17.4. The van der Waals surface area contributed by atoms with E-state index in [2.05, 4.69) is 5.32 Å². The third kappa shape index (κ3) is 5.13. The first-order chi connectivity index (χ1) is 13.7. The SMILES string of the molecule is Cc1cc(C)c(NC(=O)CN2CCN(C(=O)CN3C(=O)CCC3=O)CC2)c(Cl)c1. The first kappa shape index (κ1) is 21.3. The Morgan fingerprint density at radius 1 is 1.00 bits per heavy atom. The zero-order chi connectivity index (χ0) is 21.1. The minimum atomic E-state index is -0.288. The largest absolute Gasteiger partial charge is 0.339 e. The van der Waals surface area contributed by atoms with Crippen LogP contribution in [-0.4, -0.2) is 77.6 Å². The van der Waals surface area contributed by atoms with Gasteiger partial charge in [0.25, 0.3) is 0 Å². The summed E-state index contributed by atoms with van der Waals surface area (Å²) in [5.74, 6) is -0.973. The molecule has 0 aliphatic carbocycles. The van der Waals surface area contributed by atoms with E-state index in [-0.39, 0.29) is 49.6 Å². The number of piperazine rings is 1. The van der Waals surface area contributed by atoms with Crippen LogP contribution in [0.25, 0.3) is 0 Å². The van der Waals surface area contributed by atoms with Gasteiger partial charge in [0.1, 0.15) is 6.54 Å². The molecule has 156 valence electrons. The number of hydrogen-bond acceptors (Lipinski definition) is 5. The molecule has 0 spiro atoms. The number of halogens is 1. The number of rotatable bonds is 5. The second-order valence-corrected chi connectivity index (χ2v) is 7.92.